The molecule has 2 saturated heterocycles. The van der Waals surface area contributed by atoms with Crippen LogP contribution < -0.4 is 5.32 Å². The van der Waals surface area contributed by atoms with Crippen molar-refractivity contribution in [1.29, 1.82) is 0 Å². The molecule has 2 aliphatic rings. The van der Waals surface area contributed by atoms with Gasteiger partial charge in [-0.1, -0.05) is 30.3 Å². The van der Waals surface area contributed by atoms with Crippen molar-refractivity contribution in [3.8, 4) is 0 Å². The number of hydrogen-bond donors (Lipinski definition) is 1. The smallest absolute Gasteiger partial charge is 0.378 e. The quantitative estimate of drug-likeness (QED) is 0.799. The summed E-state index contributed by atoms with van der Waals surface area (Å²) in [6.07, 6.45) is 0.775. The Kier molecular flexibility index (Phi) is 7.21. The summed E-state index contributed by atoms with van der Waals surface area (Å²) in [5, 5.41) is 2.53. The summed E-state index contributed by atoms with van der Waals surface area (Å²) >= 11 is 0. The van der Waals surface area contributed by atoms with E-state index in [1.165, 1.54) is 0 Å². The van der Waals surface area contributed by atoms with Crippen LogP contribution in [0, 0.1) is 11.8 Å². The molecule has 2 fully saturated rings. The molecule has 0 bridgehead atoms. The molecule has 2 amide bonds. The maximum Gasteiger partial charge on any atom is 0.393 e. The Morgan fingerprint density at radius 1 is 1.18 bits per heavy atom. The number of likely N-dealkylation sites (tertiary alicyclic amines) is 1. The molecule has 156 valence electrons. The van der Waals surface area contributed by atoms with Gasteiger partial charge in [-0.05, 0) is 44.1 Å². The van der Waals surface area contributed by atoms with E-state index in [1.807, 2.05) is 0 Å². The zero-order valence-electron chi connectivity index (χ0n) is 16.1. The molecule has 28 heavy (non-hydrogen) atoms. The summed E-state index contributed by atoms with van der Waals surface area (Å²) in [7, 11) is 0. The van der Waals surface area contributed by atoms with Crippen LogP contribution in [0.15, 0.2) is 30.3 Å². The van der Waals surface area contributed by atoms with Crippen LogP contribution in [-0.2, 0) is 11.2 Å². The first kappa shape index (κ1) is 21.0. The van der Waals surface area contributed by atoms with Gasteiger partial charge >= 0.3 is 12.2 Å². The van der Waals surface area contributed by atoms with Crippen molar-refractivity contribution >= 4 is 6.03 Å². The molecule has 0 saturated carbocycles. The summed E-state index contributed by atoms with van der Waals surface area (Å²) in [6.45, 7) is 1.51. The molecule has 1 aromatic rings. The Morgan fingerprint density at radius 3 is 2.64 bits per heavy atom. The second kappa shape index (κ2) is 9.63. The minimum atomic E-state index is -4.36. The fourth-order valence-electron chi connectivity index (χ4n) is 4.16. The number of alkyl halides is 3. The van der Waals surface area contributed by atoms with Crippen LogP contribution >= 0.6 is 0 Å². The van der Waals surface area contributed by atoms with Crippen molar-refractivity contribution in [2.45, 2.75) is 50.8 Å². The predicted molar refractivity (Wildman–Crippen MR) is 101 cm³/mol. The third-order valence-electron chi connectivity index (χ3n) is 5.77. The van der Waals surface area contributed by atoms with Gasteiger partial charge in [-0.3, -0.25) is 0 Å². The maximum atomic E-state index is 13.4. The van der Waals surface area contributed by atoms with Gasteiger partial charge in [-0.15, -0.1) is 0 Å². The Morgan fingerprint density at radius 2 is 1.96 bits per heavy atom. The van der Waals surface area contributed by atoms with Crippen molar-refractivity contribution in [2.75, 3.05) is 26.2 Å². The molecule has 3 rings (SSSR count). The molecule has 2 heterocycles. The van der Waals surface area contributed by atoms with Crippen molar-refractivity contribution in [2.24, 2.45) is 11.8 Å². The van der Waals surface area contributed by atoms with E-state index >= 15 is 0 Å². The topological polar surface area (TPSA) is 41.6 Å². The lowest BCUT2D eigenvalue weighted by Gasteiger charge is -2.38. The van der Waals surface area contributed by atoms with Gasteiger partial charge in [0.05, 0.1) is 12.0 Å². The van der Waals surface area contributed by atoms with Crippen LogP contribution in [0.3, 0.4) is 0 Å². The Labute approximate surface area is 164 Å². The standard InChI is InChI=1S/C21H29F3N2O2/c22-21(23,24)18(13-16-7-2-1-3-8-16)14-25-20(27)26-11-6-9-17(15-26)19-10-4-5-12-28-19/h1-3,7-8,17-19H,4-6,9-15H2,(H,25,27). The molecule has 2 aliphatic heterocycles. The van der Waals surface area contributed by atoms with Crippen LogP contribution in [0.4, 0.5) is 18.0 Å². The Bertz CT molecular complexity index is 618. The number of carbonyl (C=O) groups is 1. The lowest BCUT2D eigenvalue weighted by molar-refractivity contribution is -0.172. The molecule has 0 spiro atoms. The molecule has 0 aromatic heterocycles. The molecule has 3 unspecified atom stereocenters. The second-order valence-electron chi connectivity index (χ2n) is 7.87. The molecule has 7 heteroatoms. The van der Waals surface area contributed by atoms with Crippen LogP contribution in [-0.4, -0.2) is 49.5 Å². The molecule has 1 N–H and O–H groups in total. The van der Waals surface area contributed by atoms with E-state index in [1.54, 1.807) is 35.2 Å². The fraction of sp³-hybridized carbons (Fsp3) is 0.667. The van der Waals surface area contributed by atoms with Gasteiger partial charge in [0.1, 0.15) is 0 Å². The van der Waals surface area contributed by atoms with Gasteiger partial charge in [0.15, 0.2) is 0 Å². The van der Waals surface area contributed by atoms with Gasteiger partial charge in [-0.25, -0.2) is 4.79 Å². The average Bonchev–Trinajstić information content (AvgIpc) is 2.71. The number of halogens is 3. The number of nitrogens with zero attached hydrogens (tertiary/aromatic N) is 1. The normalized spacial score (nSPS) is 24.6. The number of benzene rings is 1. The molecule has 0 radical (unpaired) electrons. The first-order valence-corrected chi connectivity index (χ1v) is 10.2. The predicted octanol–water partition coefficient (Wildman–Crippen LogP) is 4.40. The maximum absolute atomic E-state index is 13.4. The number of urea groups is 1. The largest absolute Gasteiger partial charge is 0.393 e. The summed E-state index contributed by atoms with van der Waals surface area (Å²) < 4.78 is 46.1. The van der Waals surface area contributed by atoms with E-state index in [4.69, 9.17) is 4.74 Å². The zero-order chi connectivity index (χ0) is 20.0. The molecule has 4 nitrogen and oxygen atoms in total. The van der Waals surface area contributed by atoms with Gasteiger partial charge in [0, 0.05) is 32.2 Å². The van der Waals surface area contributed by atoms with E-state index in [-0.39, 0.29) is 18.4 Å². The van der Waals surface area contributed by atoms with E-state index < -0.39 is 24.7 Å². The van der Waals surface area contributed by atoms with Crippen LogP contribution in [0.25, 0.3) is 0 Å². The van der Waals surface area contributed by atoms with Gasteiger partial charge in [0.2, 0.25) is 0 Å². The third-order valence-corrected chi connectivity index (χ3v) is 5.77. The number of nitrogens with one attached hydrogen (secondary N) is 1. The van der Waals surface area contributed by atoms with Gasteiger partial charge < -0.3 is 15.0 Å². The van der Waals surface area contributed by atoms with Gasteiger partial charge in [0.25, 0.3) is 0 Å². The zero-order valence-corrected chi connectivity index (χ0v) is 16.1. The van der Waals surface area contributed by atoms with Crippen LogP contribution in [0.5, 0.6) is 0 Å². The fourth-order valence-corrected chi connectivity index (χ4v) is 4.16. The van der Waals surface area contributed by atoms with Crippen molar-refractivity contribution in [1.82, 2.24) is 10.2 Å². The van der Waals surface area contributed by atoms with Gasteiger partial charge in [-0.2, -0.15) is 13.2 Å². The second-order valence-corrected chi connectivity index (χ2v) is 7.87. The number of amides is 2. The first-order chi connectivity index (χ1) is 13.4. The Hall–Kier alpha value is -1.76. The summed E-state index contributed by atoms with van der Waals surface area (Å²) in [4.78, 5) is 14.2. The van der Waals surface area contributed by atoms with E-state index in [9.17, 15) is 18.0 Å². The third kappa shape index (κ3) is 5.87. The highest BCUT2D eigenvalue weighted by Gasteiger charge is 2.40. The minimum absolute atomic E-state index is 0.136. The van der Waals surface area contributed by atoms with Crippen molar-refractivity contribution < 1.29 is 22.7 Å². The molecular weight excluding hydrogens is 369 g/mol. The number of rotatable bonds is 5. The first-order valence-electron chi connectivity index (χ1n) is 10.2. The number of hydrogen-bond acceptors (Lipinski definition) is 2. The van der Waals surface area contributed by atoms with E-state index in [2.05, 4.69) is 5.32 Å². The van der Waals surface area contributed by atoms with Crippen LogP contribution in [0.1, 0.15) is 37.7 Å². The van der Waals surface area contributed by atoms with Crippen molar-refractivity contribution in [3.63, 3.8) is 0 Å². The number of carbonyl (C=O) groups excluding carboxylic acids is 1. The average molecular weight is 398 g/mol. The summed E-state index contributed by atoms with van der Waals surface area (Å²) in [5.41, 5.74) is 0.617. The van der Waals surface area contributed by atoms with Crippen molar-refractivity contribution in [3.05, 3.63) is 35.9 Å². The van der Waals surface area contributed by atoms with E-state index in [0.29, 0.717) is 18.7 Å². The number of ether oxygens (including phenoxy) is 1. The highest BCUT2D eigenvalue weighted by Crippen LogP contribution is 2.30. The molecule has 3 atom stereocenters. The lowest BCUT2D eigenvalue weighted by Crippen LogP contribution is -2.50. The van der Waals surface area contributed by atoms with Crippen LogP contribution in [0.2, 0.25) is 0 Å². The highest BCUT2D eigenvalue weighted by molar-refractivity contribution is 5.74. The molecule has 1 aromatic carbocycles. The van der Waals surface area contributed by atoms with E-state index in [0.717, 1.165) is 38.7 Å². The SMILES string of the molecule is O=C(NCC(Cc1ccccc1)C(F)(F)F)N1CCCC(C2CCCCO2)C1. The molecular formula is C21H29F3N2O2. The summed E-state index contributed by atoms with van der Waals surface area (Å²) in [6, 6.07) is 8.18. The number of piperidine rings is 1. The summed E-state index contributed by atoms with van der Waals surface area (Å²) in [5.74, 6) is -1.32. The monoisotopic (exact) mass is 398 g/mol. The lowest BCUT2D eigenvalue weighted by atomic mass is 9.88. The Balaban J connectivity index is 1.53. The minimum Gasteiger partial charge on any atom is -0.378 e. The molecule has 0 aliphatic carbocycles. The highest BCUT2D eigenvalue weighted by atomic mass is 19.4.